The van der Waals surface area contributed by atoms with E-state index in [0.717, 1.165) is 11.6 Å². The molecule has 1 aromatic carbocycles. The molecule has 16 heavy (non-hydrogen) atoms. The summed E-state index contributed by atoms with van der Waals surface area (Å²) in [7, 11) is 0. The predicted molar refractivity (Wildman–Crippen MR) is 62.8 cm³/mol. The molecule has 0 saturated carbocycles. The number of carbonyl (C=O) groups is 1. The van der Waals surface area contributed by atoms with Gasteiger partial charge in [0, 0.05) is 0 Å². The van der Waals surface area contributed by atoms with Crippen molar-refractivity contribution >= 4 is 12.0 Å². The van der Waals surface area contributed by atoms with Crippen LogP contribution < -0.4 is 0 Å². The van der Waals surface area contributed by atoms with E-state index < -0.39 is 5.97 Å². The first-order valence-corrected chi connectivity index (χ1v) is 5.03. The van der Waals surface area contributed by atoms with Gasteiger partial charge in [-0.3, -0.25) is 0 Å². The lowest BCUT2D eigenvalue weighted by Gasteiger charge is -1.96. The van der Waals surface area contributed by atoms with Crippen LogP contribution in [0.2, 0.25) is 0 Å². The second kappa shape index (κ2) is 6.45. The van der Waals surface area contributed by atoms with Crippen LogP contribution >= 0.6 is 0 Å². The van der Waals surface area contributed by atoms with E-state index in [1.54, 1.807) is 13.0 Å². The normalized spacial score (nSPS) is 11.7. The molecule has 0 fully saturated rings. The molecule has 0 atom stereocenters. The molecule has 0 saturated heterocycles. The second-order valence-electron chi connectivity index (χ2n) is 3.07. The summed E-state index contributed by atoms with van der Waals surface area (Å²) in [6.45, 7) is 2.01. The van der Waals surface area contributed by atoms with Gasteiger partial charge in [-0.25, -0.2) is 4.79 Å². The molecule has 0 radical (unpaired) electrons. The molecule has 1 rings (SSSR count). The van der Waals surface area contributed by atoms with Gasteiger partial charge in [-0.15, -0.1) is 0 Å². The fraction of sp³-hybridized carbons (Fsp3) is 0.154. The van der Waals surface area contributed by atoms with Gasteiger partial charge in [0.25, 0.3) is 0 Å². The van der Waals surface area contributed by atoms with E-state index in [1.165, 1.54) is 6.08 Å². The Morgan fingerprint density at radius 3 is 2.69 bits per heavy atom. The van der Waals surface area contributed by atoms with Gasteiger partial charge in [0.1, 0.15) is 5.76 Å². The zero-order valence-electron chi connectivity index (χ0n) is 9.09. The minimum atomic E-state index is -0.544. The van der Waals surface area contributed by atoms with Crippen LogP contribution in [0, 0.1) is 0 Å². The third kappa shape index (κ3) is 4.46. The quantitative estimate of drug-likeness (QED) is 0.366. The highest BCUT2D eigenvalue weighted by Gasteiger charge is 1.96. The highest BCUT2D eigenvalue weighted by Crippen LogP contribution is 2.03. The average Bonchev–Trinajstić information content (AvgIpc) is 2.28. The van der Waals surface area contributed by atoms with Crippen LogP contribution in [0.4, 0.5) is 0 Å². The fourth-order valence-corrected chi connectivity index (χ4v) is 1.10. The molecular formula is C13H14O3. The van der Waals surface area contributed by atoms with E-state index in [-0.39, 0.29) is 5.76 Å². The van der Waals surface area contributed by atoms with Gasteiger partial charge in [-0.1, -0.05) is 36.4 Å². The number of hydrogen-bond acceptors (Lipinski definition) is 3. The smallest absolute Gasteiger partial charge is 0.334 e. The summed E-state index contributed by atoms with van der Waals surface area (Å²) >= 11 is 0. The molecule has 0 heterocycles. The van der Waals surface area contributed by atoms with Crippen molar-refractivity contribution in [3.63, 3.8) is 0 Å². The summed E-state index contributed by atoms with van der Waals surface area (Å²) < 4.78 is 4.66. The number of benzene rings is 1. The molecule has 0 amide bonds. The van der Waals surface area contributed by atoms with E-state index in [4.69, 9.17) is 0 Å². The Labute approximate surface area is 94.7 Å². The van der Waals surface area contributed by atoms with Crippen molar-refractivity contribution in [3.05, 3.63) is 53.8 Å². The Bertz CT molecular complexity index is 391. The zero-order valence-corrected chi connectivity index (χ0v) is 9.09. The summed E-state index contributed by atoms with van der Waals surface area (Å²) in [5.74, 6) is -0.667. The van der Waals surface area contributed by atoms with Crippen LogP contribution in [0.1, 0.15) is 12.5 Å². The lowest BCUT2D eigenvalue weighted by atomic mass is 10.2. The first-order valence-electron chi connectivity index (χ1n) is 5.03. The summed E-state index contributed by atoms with van der Waals surface area (Å²) in [6, 6.07) is 9.49. The van der Waals surface area contributed by atoms with Crippen LogP contribution in [0.15, 0.2) is 48.2 Å². The summed E-state index contributed by atoms with van der Waals surface area (Å²) in [4.78, 5) is 11.0. The van der Waals surface area contributed by atoms with E-state index >= 15 is 0 Å². The number of allylic oxidation sites excluding steroid dienone is 1. The molecule has 84 valence electrons. The largest absolute Gasteiger partial charge is 0.508 e. The number of aliphatic hydroxyl groups is 1. The van der Waals surface area contributed by atoms with Crippen molar-refractivity contribution in [2.24, 2.45) is 0 Å². The summed E-state index contributed by atoms with van der Waals surface area (Å²) in [6.07, 6.45) is 4.21. The van der Waals surface area contributed by atoms with Crippen LogP contribution in [-0.4, -0.2) is 17.7 Å². The molecule has 1 N–H and O–H groups in total. The molecule has 0 aliphatic heterocycles. The second-order valence-corrected chi connectivity index (χ2v) is 3.07. The minimum absolute atomic E-state index is 0.123. The number of rotatable bonds is 4. The first-order chi connectivity index (χ1) is 7.72. The Kier molecular flexibility index (Phi) is 4.86. The van der Waals surface area contributed by atoms with Gasteiger partial charge in [0.15, 0.2) is 0 Å². The van der Waals surface area contributed by atoms with Gasteiger partial charge in [-0.2, -0.15) is 0 Å². The lowest BCUT2D eigenvalue weighted by Crippen LogP contribution is -2.00. The Balaban J connectivity index is 2.60. The molecule has 1 aromatic rings. The van der Waals surface area contributed by atoms with Gasteiger partial charge in [0.2, 0.25) is 0 Å². The molecule has 0 aliphatic rings. The van der Waals surface area contributed by atoms with Crippen molar-refractivity contribution in [1.29, 1.82) is 0 Å². The number of ether oxygens (including phenoxy) is 1. The first kappa shape index (κ1) is 12.0. The maximum Gasteiger partial charge on any atom is 0.334 e. The predicted octanol–water partition coefficient (Wildman–Crippen LogP) is 2.70. The van der Waals surface area contributed by atoms with E-state index in [9.17, 15) is 9.90 Å². The van der Waals surface area contributed by atoms with Gasteiger partial charge in [-0.05, 0) is 18.6 Å². The third-order valence-electron chi connectivity index (χ3n) is 1.80. The SMILES string of the molecule is CCOC(=O)/C=C(O)/C=C/c1ccccc1. The topological polar surface area (TPSA) is 46.5 Å². The van der Waals surface area contributed by atoms with Gasteiger partial charge < -0.3 is 9.84 Å². The molecule has 0 spiro atoms. The van der Waals surface area contributed by atoms with Crippen LogP contribution in [0.3, 0.4) is 0 Å². The van der Waals surface area contributed by atoms with E-state index in [0.29, 0.717) is 6.61 Å². The highest BCUT2D eigenvalue weighted by molar-refractivity contribution is 5.83. The van der Waals surface area contributed by atoms with Crippen molar-refractivity contribution in [1.82, 2.24) is 0 Å². The summed E-state index contributed by atoms with van der Waals surface area (Å²) in [5.41, 5.74) is 0.950. The Morgan fingerprint density at radius 1 is 1.38 bits per heavy atom. The van der Waals surface area contributed by atoms with E-state index in [1.807, 2.05) is 30.3 Å². The summed E-state index contributed by atoms with van der Waals surface area (Å²) in [5, 5.41) is 9.38. The van der Waals surface area contributed by atoms with Crippen molar-refractivity contribution in [3.8, 4) is 0 Å². The van der Waals surface area contributed by atoms with Gasteiger partial charge >= 0.3 is 5.97 Å². The molecule has 0 bridgehead atoms. The number of carbonyl (C=O) groups excluding carboxylic acids is 1. The molecule has 0 aliphatic carbocycles. The van der Waals surface area contributed by atoms with Crippen molar-refractivity contribution in [2.75, 3.05) is 6.61 Å². The van der Waals surface area contributed by atoms with Crippen LogP contribution in [0.25, 0.3) is 6.08 Å². The number of esters is 1. The standard InChI is InChI=1S/C13H14O3/c1-2-16-13(15)10-12(14)9-8-11-6-4-3-5-7-11/h3-10,14H,2H2,1H3/b9-8+,12-10-. The zero-order chi connectivity index (χ0) is 11.8. The minimum Gasteiger partial charge on any atom is -0.508 e. The number of hydrogen-bond donors (Lipinski definition) is 1. The van der Waals surface area contributed by atoms with Crippen molar-refractivity contribution < 1.29 is 14.6 Å². The Hall–Kier alpha value is -2.03. The lowest BCUT2D eigenvalue weighted by molar-refractivity contribution is -0.137. The molecule has 3 heteroatoms. The Morgan fingerprint density at radius 2 is 2.06 bits per heavy atom. The average molecular weight is 218 g/mol. The number of aliphatic hydroxyl groups excluding tert-OH is 1. The highest BCUT2D eigenvalue weighted by atomic mass is 16.5. The molecule has 0 unspecified atom stereocenters. The van der Waals surface area contributed by atoms with Crippen molar-refractivity contribution in [2.45, 2.75) is 6.92 Å². The monoisotopic (exact) mass is 218 g/mol. The fourth-order valence-electron chi connectivity index (χ4n) is 1.10. The van der Waals surface area contributed by atoms with Gasteiger partial charge in [0.05, 0.1) is 12.7 Å². The van der Waals surface area contributed by atoms with E-state index in [2.05, 4.69) is 4.74 Å². The van der Waals surface area contributed by atoms with Crippen LogP contribution in [-0.2, 0) is 9.53 Å². The molecule has 0 aromatic heterocycles. The van der Waals surface area contributed by atoms with Crippen LogP contribution in [0.5, 0.6) is 0 Å². The maximum absolute atomic E-state index is 11.0. The molecular weight excluding hydrogens is 204 g/mol. The maximum atomic E-state index is 11.0. The third-order valence-corrected chi connectivity index (χ3v) is 1.80. The molecule has 3 nitrogen and oxygen atoms in total.